The van der Waals surface area contributed by atoms with Gasteiger partial charge in [0.15, 0.2) is 0 Å². The first kappa shape index (κ1) is 13.5. The van der Waals surface area contributed by atoms with Crippen LogP contribution in [0.5, 0.6) is 0 Å². The van der Waals surface area contributed by atoms with Gasteiger partial charge in [-0.15, -0.1) is 0 Å². The van der Waals surface area contributed by atoms with Crippen LogP contribution < -0.4 is 5.32 Å². The van der Waals surface area contributed by atoms with E-state index in [0.29, 0.717) is 16.6 Å². The van der Waals surface area contributed by atoms with Gasteiger partial charge in [-0.2, -0.15) is 0 Å². The highest BCUT2D eigenvalue weighted by Crippen LogP contribution is 2.29. The summed E-state index contributed by atoms with van der Waals surface area (Å²) in [5, 5.41) is 12.7. The Morgan fingerprint density at radius 3 is 2.67 bits per heavy atom. The van der Waals surface area contributed by atoms with Gasteiger partial charge in [-0.25, -0.2) is 4.79 Å². The van der Waals surface area contributed by atoms with Crippen LogP contribution in [0.4, 0.5) is 5.69 Å². The third-order valence-electron chi connectivity index (χ3n) is 3.92. The van der Waals surface area contributed by atoms with Crippen LogP contribution in [0.2, 0.25) is 0 Å². The zero-order chi connectivity index (χ0) is 15.0. The van der Waals surface area contributed by atoms with Crippen molar-refractivity contribution in [2.45, 2.75) is 26.2 Å². The number of pyridine rings is 1. The summed E-state index contributed by atoms with van der Waals surface area (Å²) in [7, 11) is 0. The number of nitrogens with one attached hydrogen (secondary N) is 1. The molecule has 1 aromatic carbocycles. The van der Waals surface area contributed by atoms with E-state index in [-0.39, 0.29) is 17.4 Å². The van der Waals surface area contributed by atoms with Crippen LogP contribution in [0.15, 0.2) is 24.3 Å². The van der Waals surface area contributed by atoms with Crippen molar-refractivity contribution in [1.82, 2.24) is 4.98 Å². The minimum absolute atomic E-state index is 0.0374. The van der Waals surface area contributed by atoms with Crippen LogP contribution in [0.1, 0.15) is 35.3 Å². The number of aryl methyl sites for hydroxylation is 1. The zero-order valence-corrected chi connectivity index (χ0v) is 11.7. The highest BCUT2D eigenvalue weighted by molar-refractivity contribution is 6.05. The summed E-state index contributed by atoms with van der Waals surface area (Å²) in [6.45, 7) is 1.85. The monoisotopic (exact) mass is 284 g/mol. The average Bonchev–Trinajstić information content (AvgIpc) is 2.34. The van der Waals surface area contributed by atoms with Crippen LogP contribution in [0, 0.1) is 12.8 Å². The first-order valence-electron chi connectivity index (χ1n) is 7.00. The number of fused-ring (bicyclic) bond motifs is 1. The molecule has 5 nitrogen and oxygen atoms in total. The number of aromatic carboxylic acids is 1. The Morgan fingerprint density at radius 1 is 1.29 bits per heavy atom. The molecule has 108 valence electrons. The number of hydrogen-bond acceptors (Lipinski definition) is 3. The summed E-state index contributed by atoms with van der Waals surface area (Å²) in [6, 6.07) is 6.75. The second-order valence-corrected chi connectivity index (χ2v) is 5.47. The van der Waals surface area contributed by atoms with Gasteiger partial charge in [0, 0.05) is 22.7 Å². The standard InChI is InChI=1S/C16H16N2O3/c1-9-5-6-12-13(16(20)21)7-11(8-14(12)17-9)18-15(19)10-3-2-4-10/h5-8,10H,2-4H2,1H3,(H,18,19)(H,20,21). The molecule has 0 aliphatic heterocycles. The molecule has 1 aliphatic carbocycles. The third-order valence-corrected chi connectivity index (χ3v) is 3.92. The predicted molar refractivity (Wildman–Crippen MR) is 79.4 cm³/mol. The van der Waals surface area contributed by atoms with Gasteiger partial charge in [0.1, 0.15) is 0 Å². The smallest absolute Gasteiger partial charge is 0.336 e. The van der Waals surface area contributed by atoms with E-state index in [0.717, 1.165) is 25.0 Å². The number of benzene rings is 1. The molecule has 0 atom stereocenters. The zero-order valence-electron chi connectivity index (χ0n) is 11.7. The molecule has 1 aliphatic rings. The molecule has 5 heteroatoms. The summed E-state index contributed by atoms with van der Waals surface area (Å²) in [5.41, 5.74) is 2.04. The van der Waals surface area contributed by atoms with E-state index < -0.39 is 5.97 Å². The van der Waals surface area contributed by atoms with Crippen molar-refractivity contribution in [3.8, 4) is 0 Å². The van der Waals surface area contributed by atoms with Crippen molar-refractivity contribution < 1.29 is 14.7 Å². The predicted octanol–water partition coefficient (Wildman–Crippen LogP) is 2.98. The number of carbonyl (C=O) groups excluding carboxylic acids is 1. The summed E-state index contributed by atoms with van der Waals surface area (Å²) in [6.07, 6.45) is 2.89. The van der Waals surface area contributed by atoms with E-state index in [1.54, 1.807) is 18.2 Å². The normalized spacial score (nSPS) is 14.7. The van der Waals surface area contributed by atoms with Gasteiger partial charge in [-0.3, -0.25) is 9.78 Å². The molecule has 1 amide bonds. The molecule has 0 bridgehead atoms. The average molecular weight is 284 g/mol. The molecule has 1 fully saturated rings. The number of carboxylic acids is 1. The van der Waals surface area contributed by atoms with Crippen molar-refractivity contribution in [2.75, 3.05) is 5.32 Å². The molecule has 1 aromatic heterocycles. The second kappa shape index (κ2) is 5.16. The first-order chi connectivity index (χ1) is 10.0. The number of carbonyl (C=O) groups is 2. The summed E-state index contributed by atoms with van der Waals surface area (Å²) in [4.78, 5) is 27.7. The van der Waals surface area contributed by atoms with Crippen LogP contribution in [0.25, 0.3) is 10.9 Å². The van der Waals surface area contributed by atoms with Crippen molar-refractivity contribution in [3.63, 3.8) is 0 Å². The molecule has 0 radical (unpaired) electrons. The van der Waals surface area contributed by atoms with E-state index in [2.05, 4.69) is 10.3 Å². The van der Waals surface area contributed by atoms with Crippen molar-refractivity contribution in [2.24, 2.45) is 5.92 Å². The molecular weight excluding hydrogens is 268 g/mol. The minimum Gasteiger partial charge on any atom is -0.478 e. The highest BCUT2D eigenvalue weighted by atomic mass is 16.4. The lowest BCUT2D eigenvalue weighted by Crippen LogP contribution is -2.28. The Morgan fingerprint density at radius 2 is 2.05 bits per heavy atom. The number of nitrogens with zero attached hydrogens (tertiary/aromatic N) is 1. The lowest BCUT2D eigenvalue weighted by atomic mass is 9.85. The second-order valence-electron chi connectivity index (χ2n) is 5.47. The Hall–Kier alpha value is -2.43. The van der Waals surface area contributed by atoms with Crippen molar-refractivity contribution >= 4 is 28.5 Å². The van der Waals surface area contributed by atoms with E-state index in [1.165, 1.54) is 6.07 Å². The number of amides is 1. The summed E-state index contributed by atoms with van der Waals surface area (Å²) in [5.74, 6) is -1.01. The fraction of sp³-hybridized carbons (Fsp3) is 0.312. The SMILES string of the molecule is Cc1ccc2c(C(=O)O)cc(NC(=O)C3CCC3)cc2n1. The summed E-state index contributed by atoms with van der Waals surface area (Å²) >= 11 is 0. The number of anilines is 1. The Labute approximate surface area is 122 Å². The van der Waals surface area contributed by atoms with Crippen LogP contribution >= 0.6 is 0 Å². The van der Waals surface area contributed by atoms with Crippen LogP contribution in [-0.4, -0.2) is 22.0 Å². The maximum absolute atomic E-state index is 12.0. The number of rotatable bonds is 3. The van der Waals surface area contributed by atoms with Gasteiger partial charge in [-0.05, 0) is 38.0 Å². The third kappa shape index (κ3) is 2.59. The van der Waals surface area contributed by atoms with Gasteiger partial charge in [0.2, 0.25) is 5.91 Å². The van der Waals surface area contributed by atoms with Crippen LogP contribution in [-0.2, 0) is 4.79 Å². The molecule has 3 rings (SSSR count). The molecule has 2 aromatic rings. The number of carboxylic acid groups (broad SMARTS) is 1. The maximum atomic E-state index is 12.0. The fourth-order valence-electron chi connectivity index (χ4n) is 2.50. The van der Waals surface area contributed by atoms with Gasteiger partial charge < -0.3 is 10.4 Å². The van der Waals surface area contributed by atoms with Gasteiger partial charge in [0.25, 0.3) is 0 Å². The fourth-order valence-corrected chi connectivity index (χ4v) is 2.50. The van der Waals surface area contributed by atoms with E-state index >= 15 is 0 Å². The highest BCUT2D eigenvalue weighted by Gasteiger charge is 2.25. The van der Waals surface area contributed by atoms with Crippen LogP contribution in [0.3, 0.4) is 0 Å². The molecule has 1 saturated carbocycles. The molecule has 1 heterocycles. The first-order valence-corrected chi connectivity index (χ1v) is 7.00. The van der Waals surface area contributed by atoms with E-state index in [9.17, 15) is 14.7 Å². The van der Waals surface area contributed by atoms with Crippen molar-refractivity contribution in [1.29, 1.82) is 0 Å². The summed E-state index contributed by atoms with van der Waals surface area (Å²) < 4.78 is 0. The quantitative estimate of drug-likeness (QED) is 0.908. The number of hydrogen-bond donors (Lipinski definition) is 2. The van der Waals surface area contributed by atoms with E-state index in [1.807, 2.05) is 6.92 Å². The minimum atomic E-state index is -1.02. The lowest BCUT2D eigenvalue weighted by molar-refractivity contribution is -0.122. The molecule has 21 heavy (non-hydrogen) atoms. The number of aromatic nitrogens is 1. The molecule has 0 unspecified atom stereocenters. The Kier molecular flexibility index (Phi) is 3.33. The van der Waals surface area contributed by atoms with Crippen molar-refractivity contribution in [3.05, 3.63) is 35.5 Å². The molecule has 2 N–H and O–H groups in total. The van der Waals surface area contributed by atoms with Gasteiger partial charge >= 0.3 is 5.97 Å². The maximum Gasteiger partial charge on any atom is 0.336 e. The Balaban J connectivity index is 2.02. The largest absolute Gasteiger partial charge is 0.478 e. The topological polar surface area (TPSA) is 79.3 Å². The molecule has 0 spiro atoms. The molecular formula is C16H16N2O3. The lowest BCUT2D eigenvalue weighted by Gasteiger charge is -2.24. The van der Waals surface area contributed by atoms with Gasteiger partial charge in [0.05, 0.1) is 11.1 Å². The van der Waals surface area contributed by atoms with Gasteiger partial charge in [-0.1, -0.05) is 12.5 Å². The Bertz CT molecular complexity index is 736. The molecule has 0 saturated heterocycles. The van der Waals surface area contributed by atoms with E-state index in [4.69, 9.17) is 0 Å².